The van der Waals surface area contributed by atoms with Crippen molar-refractivity contribution in [1.82, 2.24) is 9.88 Å². The topological polar surface area (TPSA) is 34.6 Å². The first-order valence-corrected chi connectivity index (χ1v) is 7.38. The number of methoxy groups -OCH3 is 1. The Hall–Kier alpha value is -2.14. The van der Waals surface area contributed by atoms with Crippen molar-refractivity contribution in [1.29, 1.82) is 0 Å². The molecule has 0 N–H and O–H groups in total. The number of aromatic nitrogens is 1. The summed E-state index contributed by atoms with van der Waals surface area (Å²) in [6, 6.07) is 12.6. The molecule has 4 nitrogen and oxygen atoms in total. The van der Waals surface area contributed by atoms with E-state index < -0.39 is 5.95 Å². The number of hydrogen-bond donors (Lipinski definition) is 0. The molecule has 22 heavy (non-hydrogen) atoms. The lowest BCUT2D eigenvalue weighted by atomic mass is 10.2. The van der Waals surface area contributed by atoms with Gasteiger partial charge in [-0.05, 0) is 18.6 Å². The molecule has 0 radical (unpaired) electrons. The van der Waals surface area contributed by atoms with Gasteiger partial charge in [-0.2, -0.15) is 9.37 Å². The van der Waals surface area contributed by atoms with E-state index in [-0.39, 0.29) is 6.10 Å². The van der Waals surface area contributed by atoms with E-state index in [1.165, 1.54) is 6.07 Å². The van der Waals surface area contributed by atoms with Crippen LogP contribution in [0.5, 0.6) is 11.6 Å². The molecule has 1 aromatic carbocycles. The third-order valence-corrected chi connectivity index (χ3v) is 3.79. The standard InChI is InChI=1S/C17H19FN2O2/c1-21-15-6-3-2-5-13(15)11-20-10-9-14(12-20)22-17-8-4-7-16(18)19-17/h2-8,14H,9-12H2,1H3. The van der Waals surface area contributed by atoms with Crippen molar-refractivity contribution in [2.45, 2.75) is 19.1 Å². The van der Waals surface area contributed by atoms with Crippen molar-refractivity contribution in [2.24, 2.45) is 0 Å². The maximum atomic E-state index is 13.1. The van der Waals surface area contributed by atoms with Gasteiger partial charge in [0.05, 0.1) is 7.11 Å². The van der Waals surface area contributed by atoms with Crippen LogP contribution < -0.4 is 9.47 Å². The second kappa shape index (κ2) is 6.75. The molecule has 1 aliphatic heterocycles. The second-order valence-corrected chi connectivity index (χ2v) is 5.37. The molecule has 116 valence electrons. The van der Waals surface area contributed by atoms with Gasteiger partial charge in [0.1, 0.15) is 11.9 Å². The summed E-state index contributed by atoms with van der Waals surface area (Å²) in [6.07, 6.45) is 0.955. The number of benzene rings is 1. The molecule has 2 heterocycles. The van der Waals surface area contributed by atoms with Crippen LogP contribution >= 0.6 is 0 Å². The Morgan fingerprint density at radius 3 is 2.91 bits per heavy atom. The fourth-order valence-corrected chi connectivity index (χ4v) is 2.74. The number of rotatable bonds is 5. The van der Waals surface area contributed by atoms with Gasteiger partial charge < -0.3 is 9.47 Å². The first kappa shape index (κ1) is 14.8. The lowest BCUT2D eigenvalue weighted by Crippen LogP contribution is -2.25. The van der Waals surface area contributed by atoms with E-state index in [1.54, 1.807) is 19.2 Å². The zero-order valence-corrected chi connectivity index (χ0v) is 12.5. The Morgan fingerprint density at radius 1 is 1.23 bits per heavy atom. The highest BCUT2D eigenvalue weighted by atomic mass is 19.1. The Balaban J connectivity index is 1.58. The van der Waals surface area contributed by atoms with E-state index in [4.69, 9.17) is 9.47 Å². The molecule has 1 aliphatic rings. The van der Waals surface area contributed by atoms with Gasteiger partial charge in [0.2, 0.25) is 11.8 Å². The van der Waals surface area contributed by atoms with Crippen molar-refractivity contribution < 1.29 is 13.9 Å². The Labute approximate surface area is 129 Å². The predicted molar refractivity (Wildman–Crippen MR) is 81.5 cm³/mol. The van der Waals surface area contributed by atoms with Crippen LogP contribution in [0, 0.1) is 5.95 Å². The minimum atomic E-state index is -0.513. The average molecular weight is 302 g/mol. The fraction of sp³-hybridized carbons (Fsp3) is 0.353. The smallest absolute Gasteiger partial charge is 0.216 e. The van der Waals surface area contributed by atoms with Crippen molar-refractivity contribution in [3.8, 4) is 11.6 Å². The first-order valence-electron chi connectivity index (χ1n) is 7.38. The van der Waals surface area contributed by atoms with Crippen LogP contribution in [0.3, 0.4) is 0 Å². The van der Waals surface area contributed by atoms with Gasteiger partial charge in [0.25, 0.3) is 0 Å². The van der Waals surface area contributed by atoms with Gasteiger partial charge in [-0.1, -0.05) is 24.3 Å². The van der Waals surface area contributed by atoms with Crippen LogP contribution in [0.15, 0.2) is 42.5 Å². The second-order valence-electron chi connectivity index (χ2n) is 5.37. The number of hydrogen-bond acceptors (Lipinski definition) is 4. The molecule has 0 amide bonds. The summed E-state index contributed by atoms with van der Waals surface area (Å²) in [5.74, 6) is 0.740. The van der Waals surface area contributed by atoms with Crippen molar-refractivity contribution in [3.05, 3.63) is 54.0 Å². The zero-order valence-electron chi connectivity index (χ0n) is 12.5. The van der Waals surface area contributed by atoms with Crippen LogP contribution in [0.25, 0.3) is 0 Å². The van der Waals surface area contributed by atoms with Gasteiger partial charge in [-0.25, -0.2) is 0 Å². The molecular weight excluding hydrogens is 283 g/mol. The van der Waals surface area contributed by atoms with E-state index in [0.717, 1.165) is 37.4 Å². The van der Waals surface area contributed by atoms with Crippen LogP contribution in [-0.2, 0) is 6.54 Å². The number of halogens is 1. The molecule has 2 aromatic rings. The molecule has 1 saturated heterocycles. The third kappa shape index (κ3) is 3.54. The van der Waals surface area contributed by atoms with Gasteiger partial charge in [0, 0.05) is 31.3 Å². The molecule has 0 spiro atoms. The molecule has 1 atom stereocenters. The molecule has 1 fully saturated rings. The monoisotopic (exact) mass is 302 g/mol. The Bertz CT molecular complexity index is 636. The molecular formula is C17H19FN2O2. The minimum Gasteiger partial charge on any atom is -0.496 e. The largest absolute Gasteiger partial charge is 0.496 e. The van der Waals surface area contributed by atoms with Gasteiger partial charge in [-0.15, -0.1) is 0 Å². The normalized spacial score (nSPS) is 18.4. The number of likely N-dealkylation sites (tertiary alicyclic amines) is 1. The highest BCUT2D eigenvalue weighted by molar-refractivity contribution is 5.33. The summed E-state index contributed by atoms with van der Waals surface area (Å²) in [4.78, 5) is 6.05. The summed E-state index contributed by atoms with van der Waals surface area (Å²) >= 11 is 0. The average Bonchev–Trinajstić information content (AvgIpc) is 2.95. The summed E-state index contributed by atoms with van der Waals surface area (Å²) < 4.78 is 24.2. The highest BCUT2D eigenvalue weighted by Gasteiger charge is 2.25. The van der Waals surface area contributed by atoms with Gasteiger partial charge >= 0.3 is 0 Å². The first-order chi connectivity index (χ1) is 10.7. The van der Waals surface area contributed by atoms with E-state index in [1.807, 2.05) is 18.2 Å². The van der Waals surface area contributed by atoms with Crippen LogP contribution in [0.4, 0.5) is 4.39 Å². The van der Waals surface area contributed by atoms with E-state index >= 15 is 0 Å². The van der Waals surface area contributed by atoms with E-state index in [0.29, 0.717) is 5.88 Å². The molecule has 5 heteroatoms. The molecule has 1 unspecified atom stereocenters. The van der Waals surface area contributed by atoms with Crippen molar-refractivity contribution >= 4 is 0 Å². The Kier molecular flexibility index (Phi) is 4.53. The quantitative estimate of drug-likeness (QED) is 0.796. The number of ether oxygens (including phenoxy) is 2. The van der Waals surface area contributed by atoms with Crippen molar-refractivity contribution in [3.63, 3.8) is 0 Å². The SMILES string of the molecule is COc1ccccc1CN1CCC(Oc2cccc(F)n2)C1. The third-order valence-electron chi connectivity index (χ3n) is 3.79. The maximum absolute atomic E-state index is 13.1. The number of para-hydroxylation sites is 1. The number of pyridine rings is 1. The van der Waals surface area contributed by atoms with Crippen LogP contribution in [-0.4, -0.2) is 36.2 Å². The lowest BCUT2D eigenvalue weighted by molar-refractivity contribution is 0.189. The van der Waals surface area contributed by atoms with Crippen LogP contribution in [0.1, 0.15) is 12.0 Å². The lowest BCUT2D eigenvalue weighted by Gasteiger charge is -2.18. The summed E-state index contributed by atoms with van der Waals surface area (Å²) in [5, 5.41) is 0. The zero-order chi connectivity index (χ0) is 15.4. The summed E-state index contributed by atoms with van der Waals surface area (Å²) in [5.41, 5.74) is 1.16. The number of nitrogens with zero attached hydrogens (tertiary/aromatic N) is 2. The van der Waals surface area contributed by atoms with Crippen LogP contribution in [0.2, 0.25) is 0 Å². The predicted octanol–water partition coefficient (Wildman–Crippen LogP) is 2.88. The maximum Gasteiger partial charge on any atom is 0.216 e. The minimum absolute atomic E-state index is 0.0454. The van der Waals surface area contributed by atoms with E-state index in [2.05, 4.69) is 16.0 Å². The molecule has 3 rings (SSSR count). The summed E-state index contributed by atoms with van der Waals surface area (Å²) in [7, 11) is 1.68. The highest BCUT2D eigenvalue weighted by Crippen LogP contribution is 2.23. The summed E-state index contributed by atoms with van der Waals surface area (Å²) in [6.45, 7) is 2.56. The molecule has 0 aliphatic carbocycles. The molecule has 1 aromatic heterocycles. The van der Waals surface area contributed by atoms with E-state index in [9.17, 15) is 4.39 Å². The Morgan fingerprint density at radius 2 is 2.09 bits per heavy atom. The van der Waals surface area contributed by atoms with Gasteiger partial charge in [-0.3, -0.25) is 4.90 Å². The molecule has 0 saturated carbocycles. The fourth-order valence-electron chi connectivity index (χ4n) is 2.74. The van der Waals surface area contributed by atoms with Gasteiger partial charge in [0.15, 0.2) is 0 Å². The molecule has 0 bridgehead atoms. The van der Waals surface area contributed by atoms with Crippen molar-refractivity contribution in [2.75, 3.05) is 20.2 Å².